The lowest BCUT2D eigenvalue weighted by Gasteiger charge is -2.37. The average Bonchev–Trinajstić information content (AvgIpc) is 2.83. The van der Waals surface area contributed by atoms with Gasteiger partial charge in [-0.05, 0) is 32.2 Å². The summed E-state index contributed by atoms with van der Waals surface area (Å²) in [6.45, 7) is 2.14. The molecule has 0 spiro atoms. The first-order chi connectivity index (χ1) is 8.67. The summed E-state index contributed by atoms with van der Waals surface area (Å²) in [4.78, 5) is 2.24. The minimum Gasteiger partial charge on any atom is -0.385 e. The number of aliphatic hydroxyl groups is 1. The van der Waals surface area contributed by atoms with Crippen molar-refractivity contribution in [3.05, 3.63) is 0 Å². The average molecular weight is 259 g/mol. The Bertz CT molecular complexity index is 265. The number of ether oxygens (including phenoxy) is 2. The number of nitrogens with zero attached hydrogens (tertiary/aromatic N) is 1. The van der Waals surface area contributed by atoms with Crippen LogP contribution in [0.25, 0.3) is 0 Å². The quantitative estimate of drug-likeness (QED) is 0.681. The zero-order valence-corrected chi connectivity index (χ0v) is 11.7. The normalized spacial score (nSPS) is 40.0. The molecule has 5 nitrogen and oxygen atoms in total. The molecular weight excluding hydrogens is 232 g/mol. The van der Waals surface area contributed by atoms with Gasteiger partial charge in [0.15, 0.2) is 6.17 Å². The van der Waals surface area contributed by atoms with E-state index in [0.29, 0.717) is 5.92 Å². The summed E-state index contributed by atoms with van der Waals surface area (Å²) in [5.74, 6) is 0.322. The first kappa shape index (κ1) is 14.2. The van der Waals surface area contributed by atoms with Crippen molar-refractivity contribution in [3.63, 3.8) is 0 Å². The first-order valence-corrected chi connectivity index (χ1v) is 6.94. The Hall–Kier alpha value is -0.200. The minimum absolute atomic E-state index is 0.120. The Balaban J connectivity index is 1.93. The highest BCUT2D eigenvalue weighted by atomic mass is 16.5. The Morgan fingerprint density at radius 1 is 1.22 bits per heavy atom. The summed E-state index contributed by atoms with van der Waals surface area (Å²) in [5.41, 5.74) is 0. The van der Waals surface area contributed by atoms with Gasteiger partial charge in [0.25, 0.3) is 0 Å². The van der Waals surface area contributed by atoms with E-state index in [1.807, 2.05) is 0 Å². The standard InChI is InChI=1S/C13H26N2O3/c1-15-7-6-14-13(15)12(16)9-4-5-10(17-2)11(8-9)18-3/h9-14,16H,4-8H2,1-3H3/p+1/t9?,10?,11?,12-,13?/m0/s1. The van der Waals surface area contributed by atoms with Gasteiger partial charge in [-0.3, -0.25) is 0 Å². The predicted molar refractivity (Wildman–Crippen MR) is 68.2 cm³/mol. The highest BCUT2D eigenvalue weighted by Crippen LogP contribution is 2.31. The van der Waals surface area contributed by atoms with Gasteiger partial charge in [-0.2, -0.15) is 0 Å². The monoisotopic (exact) mass is 259 g/mol. The van der Waals surface area contributed by atoms with Crippen LogP contribution in [0.3, 0.4) is 0 Å². The summed E-state index contributed by atoms with van der Waals surface area (Å²) >= 11 is 0. The van der Waals surface area contributed by atoms with Crippen molar-refractivity contribution in [2.24, 2.45) is 5.92 Å². The Kier molecular flexibility index (Phi) is 4.98. The molecule has 2 fully saturated rings. The number of quaternary nitrogens is 1. The second kappa shape index (κ2) is 6.30. The third kappa shape index (κ3) is 2.86. The van der Waals surface area contributed by atoms with Crippen molar-refractivity contribution < 1.29 is 19.9 Å². The Labute approximate surface area is 109 Å². The molecule has 1 saturated heterocycles. The largest absolute Gasteiger partial charge is 0.385 e. The molecule has 1 aliphatic carbocycles. The van der Waals surface area contributed by atoms with E-state index in [1.165, 1.54) is 0 Å². The lowest BCUT2D eigenvalue weighted by molar-refractivity contribution is -0.688. The lowest BCUT2D eigenvalue weighted by atomic mass is 9.81. The first-order valence-electron chi connectivity index (χ1n) is 6.94. The molecule has 2 rings (SSSR count). The lowest BCUT2D eigenvalue weighted by Crippen LogP contribution is -2.91. The molecule has 0 aromatic carbocycles. The van der Waals surface area contributed by atoms with Crippen molar-refractivity contribution in [2.75, 3.05) is 34.4 Å². The maximum absolute atomic E-state index is 10.5. The number of rotatable bonds is 4. The summed E-state index contributed by atoms with van der Waals surface area (Å²) < 4.78 is 10.9. The van der Waals surface area contributed by atoms with Crippen LogP contribution in [-0.4, -0.2) is 68.8 Å². The molecule has 4 unspecified atom stereocenters. The van der Waals surface area contributed by atoms with Gasteiger partial charge in [-0.1, -0.05) is 0 Å². The van der Waals surface area contributed by atoms with Gasteiger partial charge < -0.3 is 19.9 Å². The van der Waals surface area contributed by atoms with Crippen LogP contribution in [0.5, 0.6) is 0 Å². The van der Waals surface area contributed by atoms with Gasteiger partial charge in [0.1, 0.15) is 6.10 Å². The molecule has 3 N–H and O–H groups in total. The molecule has 5 heteroatoms. The highest BCUT2D eigenvalue weighted by molar-refractivity contribution is 4.87. The van der Waals surface area contributed by atoms with E-state index in [2.05, 4.69) is 17.3 Å². The molecule has 0 radical (unpaired) electrons. The molecule has 1 saturated carbocycles. The number of likely N-dealkylation sites (N-methyl/N-ethyl adjacent to an activating group) is 1. The minimum atomic E-state index is -0.270. The van der Waals surface area contributed by atoms with E-state index in [0.717, 1.165) is 32.4 Å². The van der Waals surface area contributed by atoms with Crippen molar-refractivity contribution in [2.45, 2.75) is 43.7 Å². The topological polar surface area (TPSA) is 58.5 Å². The van der Waals surface area contributed by atoms with E-state index in [4.69, 9.17) is 9.47 Å². The number of aliphatic hydroxyl groups excluding tert-OH is 1. The summed E-state index contributed by atoms with van der Waals surface area (Å²) in [5, 5.41) is 12.8. The molecule has 2 aliphatic rings. The van der Waals surface area contributed by atoms with Crippen molar-refractivity contribution in [1.82, 2.24) is 4.90 Å². The van der Waals surface area contributed by atoms with Gasteiger partial charge >= 0.3 is 0 Å². The SMILES string of the molecule is COC1CCC([C@H](O)C2[NH2+]CCN2C)CC1OC. The van der Waals surface area contributed by atoms with Gasteiger partial charge in [-0.25, -0.2) is 4.90 Å². The van der Waals surface area contributed by atoms with Crippen LogP contribution in [0.2, 0.25) is 0 Å². The molecule has 0 aromatic heterocycles. The molecule has 5 atom stereocenters. The van der Waals surface area contributed by atoms with E-state index >= 15 is 0 Å². The zero-order chi connectivity index (χ0) is 13.1. The molecule has 1 heterocycles. The van der Waals surface area contributed by atoms with Crippen molar-refractivity contribution >= 4 is 0 Å². The van der Waals surface area contributed by atoms with Crippen LogP contribution in [0.15, 0.2) is 0 Å². The van der Waals surface area contributed by atoms with Crippen molar-refractivity contribution in [1.29, 1.82) is 0 Å². The van der Waals surface area contributed by atoms with Gasteiger partial charge in [0.2, 0.25) is 0 Å². The number of hydrogen-bond donors (Lipinski definition) is 2. The second-order valence-electron chi connectivity index (χ2n) is 5.61. The molecular formula is C13H27N2O3+. The number of nitrogens with two attached hydrogens (primary N) is 1. The van der Waals surface area contributed by atoms with Gasteiger partial charge in [0.05, 0.1) is 25.3 Å². The molecule has 0 aromatic rings. The van der Waals surface area contributed by atoms with Crippen LogP contribution >= 0.6 is 0 Å². The summed E-state index contributed by atoms with van der Waals surface area (Å²) in [6, 6.07) is 0. The van der Waals surface area contributed by atoms with Crippen LogP contribution in [-0.2, 0) is 9.47 Å². The maximum Gasteiger partial charge on any atom is 0.169 e. The molecule has 0 bridgehead atoms. The van der Waals surface area contributed by atoms with Crippen LogP contribution in [0.1, 0.15) is 19.3 Å². The van der Waals surface area contributed by atoms with E-state index in [-0.39, 0.29) is 24.5 Å². The summed E-state index contributed by atoms with van der Waals surface area (Å²) in [6.07, 6.45) is 3.15. The smallest absolute Gasteiger partial charge is 0.169 e. The fraction of sp³-hybridized carbons (Fsp3) is 1.00. The van der Waals surface area contributed by atoms with Gasteiger partial charge in [-0.15, -0.1) is 0 Å². The number of hydrogen-bond acceptors (Lipinski definition) is 4. The van der Waals surface area contributed by atoms with E-state index in [9.17, 15) is 5.11 Å². The Morgan fingerprint density at radius 2 is 1.94 bits per heavy atom. The van der Waals surface area contributed by atoms with E-state index < -0.39 is 0 Å². The molecule has 0 amide bonds. The maximum atomic E-state index is 10.5. The fourth-order valence-corrected chi connectivity index (χ4v) is 3.42. The number of methoxy groups -OCH3 is 2. The third-order valence-corrected chi connectivity index (χ3v) is 4.61. The second-order valence-corrected chi connectivity index (χ2v) is 5.61. The van der Waals surface area contributed by atoms with Crippen LogP contribution < -0.4 is 5.32 Å². The predicted octanol–water partition coefficient (Wildman–Crippen LogP) is -0.988. The fourth-order valence-electron chi connectivity index (χ4n) is 3.42. The highest BCUT2D eigenvalue weighted by Gasteiger charge is 2.41. The molecule has 1 aliphatic heterocycles. The third-order valence-electron chi connectivity index (χ3n) is 4.61. The summed E-state index contributed by atoms with van der Waals surface area (Å²) in [7, 11) is 5.57. The van der Waals surface area contributed by atoms with Crippen molar-refractivity contribution in [3.8, 4) is 0 Å². The van der Waals surface area contributed by atoms with E-state index in [1.54, 1.807) is 14.2 Å². The zero-order valence-electron chi connectivity index (χ0n) is 11.7. The molecule has 18 heavy (non-hydrogen) atoms. The molecule has 106 valence electrons. The van der Waals surface area contributed by atoms with Gasteiger partial charge in [0, 0.05) is 14.2 Å². The Morgan fingerprint density at radius 3 is 2.50 bits per heavy atom. The van der Waals surface area contributed by atoms with Crippen LogP contribution in [0, 0.1) is 5.92 Å². The van der Waals surface area contributed by atoms with Crippen LogP contribution in [0.4, 0.5) is 0 Å².